The second kappa shape index (κ2) is 8.63. The van der Waals surface area contributed by atoms with Crippen molar-refractivity contribution in [3.05, 3.63) is 71.3 Å². The number of hydrogen-bond acceptors (Lipinski definition) is 4. The predicted molar refractivity (Wildman–Crippen MR) is 97.4 cm³/mol. The molecule has 0 radical (unpaired) electrons. The summed E-state index contributed by atoms with van der Waals surface area (Å²) in [6.07, 6.45) is 2.13. The van der Waals surface area contributed by atoms with Gasteiger partial charge in [0.2, 0.25) is 6.10 Å². The molecule has 1 aliphatic rings. The van der Waals surface area contributed by atoms with Crippen molar-refractivity contribution >= 4 is 11.9 Å². The maximum Gasteiger partial charge on any atom is 0.339 e. The van der Waals surface area contributed by atoms with Crippen LogP contribution in [0.15, 0.2) is 54.6 Å². The average Bonchev–Trinajstić information content (AvgIpc) is 2.72. The maximum atomic E-state index is 13.0. The summed E-state index contributed by atoms with van der Waals surface area (Å²) in [5.74, 6) is -0.718. The van der Waals surface area contributed by atoms with Crippen LogP contribution in [0.3, 0.4) is 0 Å². The molecule has 1 unspecified atom stereocenters. The SMILES string of the molecule is O=C(OC(C(=O)N1CCCCC1)c1ccccc1)c1ccc(CO)cc1. The lowest BCUT2D eigenvalue weighted by Gasteiger charge is -2.30. The third-order valence-electron chi connectivity index (χ3n) is 4.59. The molecule has 1 atom stereocenters. The second-order valence-corrected chi connectivity index (χ2v) is 6.44. The van der Waals surface area contributed by atoms with Crippen LogP contribution in [0, 0.1) is 0 Å². The van der Waals surface area contributed by atoms with Crippen LogP contribution in [0.1, 0.15) is 46.9 Å². The van der Waals surface area contributed by atoms with Crippen LogP contribution in [-0.2, 0) is 16.1 Å². The number of benzene rings is 2. The second-order valence-electron chi connectivity index (χ2n) is 6.44. The van der Waals surface area contributed by atoms with Gasteiger partial charge in [0.1, 0.15) is 0 Å². The summed E-state index contributed by atoms with van der Waals surface area (Å²) in [6, 6.07) is 15.7. The fraction of sp³-hybridized carbons (Fsp3) is 0.333. The molecule has 3 rings (SSSR count). The van der Waals surface area contributed by atoms with Gasteiger partial charge in [0.05, 0.1) is 12.2 Å². The van der Waals surface area contributed by atoms with E-state index in [9.17, 15) is 9.59 Å². The zero-order chi connectivity index (χ0) is 18.4. The molecule has 1 heterocycles. The quantitative estimate of drug-likeness (QED) is 0.839. The highest BCUT2D eigenvalue weighted by Crippen LogP contribution is 2.24. The van der Waals surface area contributed by atoms with E-state index in [1.165, 1.54) is 0 Å². The van der Waals surface area contributed by atoms with Crippen LogP contribution in [0.4, 0.5) is 0 Å². The number of esters is 1. The summed E-state index contributed by atoms with van der Waals surface area (Å²) in [5.41, 5.74) is 1.74. The molecule has 1 N–H and O–H groups in total. The standard InChI is InChI=1S/C21H23NO4/c23-15-16-9-11-18(12-10-16)21(25)26-19(17-7-3-1-4-8-17)20(24)22-13-5-2-6-14-22/h1,3-4,7-12,19,23H,2,5-6,13-15H2. The normalized spacial score (nSPS) is 15.3. The number of aliphatic hydroxyl groups is 1. The molecule has 1 saturated heterocycles. The molecule has 26 heavy (non-hydrogen) atoms. The van der Waals surface area contributed by atoms with Gasteiger partial charge in [0.15, 0.2) is 0 Å². The Balaban J connectivity index is 1.80. The Morgan fingerprint density at radius 3 is 2.23 bits per heavy atom. The maximum absolute atomic E-state index is 13.0. The Kier molecular flexibility index (Phi) is 6.02. The van der Waals surface area contributed by atoms with Crippen molar-refractivity contribution in [2.75, 3.05) is 13.1 Å². The van der Waals surface area contributed by atoms with Crippen LogP contribution >= 0.6 is 0 Å². The first-order valence-electron chi connectivity index (χ1n) is 8.93. The first-order valence-corrected chi connectivity index (χ1v) is 8.93. The number of amides is 1. The molecule has 2 aromatic rings. The minimum Gasteiger partial charge on any atom is -0.444 e. The summed E-state index contributed by atoms with van der Waals surface area (Å²) in [4.78, 5) is 27.3. The smallest absolute Gasteiger partial charge is 0.339 e. The van der Waals surface area contributed by atoms with Crippen LogP contribution in [-0.4, -0.2) is 35.0 Å². The average molecular weight is 353 g/mol. The lowest BCUT2D eigenvalue weighted by atomic mass is 10.1. The van der Waals surface area contributed by atoms with E-state index in [4.69, 9.17) is 9.84 Å². The topological polar surface area (TPSA) is 66.8 Å². The van der Waals surface area contributed by atoms with Gasteiger partial charge in [-0.1, -0.05) is 42.5 Å². The van der Waals surface area contributed by atoms with Gasteiger partial charge < -0.3 is 14.7 Å². The lowest BCUT2D eigenvalue weighted by molar-refractivity contribution is -0.142. The molecule has 1 aliphatic heterocycles. The molecular weight excluding hydrogens is 330 g/mol. The Hall–Kier alpha value is -2.66. The Morgan fingerprint density at radius 1 is 0.962 bits per heavy atom. The van der Waals surface area contributed by atoms with Crippen molar-refractivity contribution in [3.8, 4) is 0 Å². The van der Waals surface area contributed by atoms with Crippen LogP contribution in [0.5, 0.6) is 0 Å². The first kappa shape index (κ1) is 18.1. The summed E-state index contributed by atoms with van der Waals surface area (Å²) < 4.78 is 5.62. The van der Waals surface area contributed by atoms with Crippen molar-refractivity contribution in [1.82, 2.24) is 4.90 Å². The third-order valence-corrected chi connectivity index (χ3v) is 4.59. The van der Waals surface area contributed by atoms with E-state index >= 15 is 0 Å². The lowest BCUT2D eigenvalue weighted by Crippen LogP contribution is -2.40. The van der Waals surface area contributed by atoms with Gasteiger partial charge in [0.25, 0.3) is 5.91 Å². The molecule has 0 aliphatic carbocycles. The molecule has 0 spiro atoms. The first-order chi connectivity index (χ1) is 12.7. The number of rotatable bonds is 5. The summed E-state index contributed by atoms with van der Waals surface area (Å²) in [5, 5.41) is 9.11. The molecule has 0 saturated carbocycles. The molecule has 5 heteroatoms. The number of nitrogens with zero attached hydrogens (tertiary/aromatic N) is 1. The highest BCUT2D eigenvalue weighted by Gasteiger charge is 2.30. The van der Waals surface area contributed by atoms with E-state index in [1.54, 1.807) is 41.3 Å². The molecule has 5 nitrogen and oxygen atoms in total. The Labute approximate surface area is 153 Å². The predicted octanol–water partition coefficient (Wildman–Crippen LogP) is 3.09. The largest absolute Gasteiger partial charge is 0.444 e. The number of hydrogen-bond donors (Lipinski definition) is 1. The Bertz CT molecular complexity index is 736. The number of carbonyl (C=O) groups excluding carboxylic acids is 2. The van der Waals surface area contributed by atoms with Gasteiger partial charge in [-0.05, 0) is 37.0 Å². The summed E-state index contributed by atoms with van der Waals surface area (Å²) in [7, 11) is 0. The molecule has 1 amide bonds. The van der Waals surface area contributed by atoms with Crippen molar-refractivity contribution < 1.29 is 19.4 Å². The highest BCUT2D eigenvalue weighted by molar-refractivity contribution is 5.92. The highest BCUT2D eigenvalue weighted by atomic mass is 16.5. The zero-order valence-electron chi connectivity index (χ0n) is 14.6. The number of aliphatic hydroxyl groups excluding tert-OH is 1. The van der Waals surface area contributed by atoms with E-state index < -0.39 is 12.1 Å². The fourth-order valence-corrected chi connectivity index (χ4v) is 3.09. The van der Waals surface area contributed by atoms with Crippen molar-refractivity contribution in [1.29, 1.82) is 0 Å². The van der Waals surface area contributed by atoms with E-state index in [0.29, 0.717) is 29.8 Å². The van der Waals surface area contributed by atoms with E-state index in [-0.39, 0.29) is 12.5 Å². The van der Waals surface area contributed by atoms with E-state index in [1.807, 2.05) is 18.2 Å². The zero-order valence-corrected chi connectivity index (χ0v) is 14.6. The molecule has 0 bridgehead atoms. The number of piperidine rings is 1. The van der Waals surface area contributed by atoms with Crippen molar-refractivity contribution in [2.45, 2.75) is 32.0 Å². The summed E-state index contributed by atoms with van der Waals surface area (Å²) in [6.45, 7) is 1.31. The van der Waals surface area contributed by atoms with Crippen LogP contribution in [0.25, 0.3) is 0 Å². The minimum absolute atomic E-state index is 0.0879. The monoisotopic (exact) mass is 353 g/mol. The van der Waals surface area contributed by atoms with E-state index in [2.05, 4.69) is 0 Å². The van der Waals surface area contributed by atoms with Gasteiger partial charge in [0, 0.05) is 18.7 Å². The van der Waals surface area contributed by atoms with Gasteiger partial charge in [-0.15, -0.1) is 0 Å². The van der Waals surface area contributed by atoms with Crippen molar-refractivity contribution in [3.63, 3.8) is 0 Å². The number of ether oxygens (including phenoxy) is 1. The van der Waals surface area contributed by atoms with Gasteiger partial charge in [-0.25, -0.2) is 4.79 Å². The number of likely N-dealkylation sites (tertiary alicyclic amines) is 1. The summed E-state index contributed by atoms with van der Waals surface area (Å²) >= 11 is 0. The fourth-order valence-electron chi connectivity index (χ4n) is 3.09. The van der Waals surface area contributed by atoms with E-state index in [0.717, 1.165) is 19.3 Å². The molecule has 136 valence electrons. The van der Waals surface area contributed by atoms with Crippen LogP contribution in [0.2, 0.25) is 0 Å². The number of carbonyl (C=O) groups is 2. The minimum atomic E-state index is -0.945. The third kappa shape index (κ3) is 4.29. The molecule has 2 aromatic carbocycles. The van der Waals surface area contributed by atoms with Gasteiger partial charge in [-0.3, -0.25) is 4.79 Å². The Morgan fingerprint density at radius 2 is 1.62 bits per heavy atom. The van der Waals surface area contributed by atoms with Crippen molar-refractivity contribution in [2.24, 2.45) is 0 Å². The van der Waals surface area contributed by atoms with Gasteiger partial charge >= 0.3 is 5.97 Å². The van der Waals surface area contributed by atoms with Crippen LogP contribution < -0.4 is 0 Å². The molecular formula is C21H23NO4. The molecule has 1 fully saturated rings. The van der Waals surface area contributed by atoms with Gasteiger partial charge in [-0.2, -0.15) is 0 Å². The molecule has 0 aromatic heterocycles.